The molecule has 5 heteroatoms. The van der Waals surface area contributed by atoms with E-state index in [0.29, 0.717) is 0 Å². The van der Waals surface area contributed by atoms with Crippen molar-refractivity contribution in [2.45, 2.75) is 13.8 Å². The Bertz CT molecular complexity index is 757. The van der Waals surface area contributed by atoms with Gasteiger partial charge in [0.05, 0.1) is 0 Å². The number of hydrogen-bond acceptors (Lipinski definition) is 1. The van der Waals surface area contributed by atoms with Crippen molar-refractivity contribution in [3.05, 3.63) is 78.6 Å². The zero-order chi connectivity index (χ0) is 17.4. The average molecular weight is 410 g/mol. The molecule has 1 aromatic heterocycles. The van der Waals surface area contributed by atoms with Crippen molar-refractivity contribution < 1.29 is 17.0 Å². The van der Waals surface area contributed by atoms with Crippen LogP contribution in [0.5, 0.6) is 0 Å². The molecule has 0 N–H and O–H groups in total. The summed E-state index contributed by atoms with van der Waals surface area (Å²) in [5, 5.41) is 4.07. The molecule has 1 atom stereocenters. The summed E-state index contributed by atoms with van der Waals surface area (Å²) >= 11 is -0.556. The van der Waals surface area contributed by atoms with E-state index in [1.807, 2.05) is 24.3 Å². The molecule has 0 spiro atoms. The van der Waals surface area contributed by atoms with E-state index in [4.69, 9.17) is 18.6 Å². The van der Waals surface area contributed by atoms with Crippen molar-refractivity contribution in [2.24, 2.45) is 5.41 Å². The molecule has 0 saturated carbocycles. The van der Waals surface area contributed by atoms with Crippen LogP contribution in [-0.4, -0.2) is 4.98 Å². The molecule has 124 valence electrons. The molecule has 1 unspecified atom stereocenters. The minimum Gasteiger partial charge on any atom is -0.260 e. The first kappa shape index (κ1) is 19.6. The second-order valence-corrected chi connectivity index (χ2v) is 10.2. The van der Waals surface area contributed by atoms with Crippen LogP contribution >= 0.6 is 26.1 Å². The van der Waals surface area contributed by atoms with Crippen molar-refractivity contribution in [1.82, 2.24) is 4.98 Å². The molecule has 0 amide bonds. The summed E-state index contributed by atoms with van der Waals surface area (Å²) in [6.45, 7) is 4.26. The minimum absolute atomic E-state index is 0.208. The second-order valence-electron chi connectivity index (χ2n) is 5.78. The summed E-state index contributed by atoms with van der Waals surface area (Å²) in [7, 11) is 9.52. The molecule has 0 bridgehead atoms. The maximum absolute atomic E-state index is 4.89. The van der Waals surface area contributed by atoms with Crippen LogP contribution in [0.25, 0.3) is 16.1 Å². The maximum atomic E-state index is 4.89. The van der Waals surface area contributed by atoms with E-state index in [-0.39, 0.29) is 12.9 Å². The zero-order valence-electron chi connectivity index (χ0n) is 13.6. The molecule has 0 radical (unpaired) electrons. The van der Waals surface area contributed by atoms with E-state index >= 15 is 0 Å². The van der Waals surface area contributed by atoms with Crippen LogP contribution in [0.2, 0.25) is 0 Å². The molecule has 1 aliphatic rings. The van der Waals surface area contributed by atoms with E-state index in [0.717, 1.165) is 0 Å². The van der Waals surface area contributed by atoms with Crippen LogP contribution in [0.3, 0.4) is 0 Å². The summed E-state index contributed by atoms with van der Waals surface area (Å²) in [5.41, 5.74) is 0.208. The first-order valence-electron chi connectivity index (χ1n) is 7.44. The van der Waals surface area contributed by atoms with Gasteiger partial charge in [-0.1, -0.05) is 38.2 Å². The SMILES string of the molecule is CC1(C)[C-]=CC=C1.[Cl][Ti][Cl].c1ccc2[cH-]c(-p3ccnc3)cc2c1. The number of rotatable bonds is 1. The van der Waals surface area contributed by atoms with Gasteiger partial charge in [0.15, 0.2) is 0 Å². The van der Waals surface area contributed by atoms with Crippen LogP contribution in [0.4, 0.5) is 0 Å². The summed E-state index contributed by atoms with van der Waals surface area (Å²) in [5.74, 6) is 4.23. The van der Waals surface area contributed by atoms with Gasteiger partial charge in [-0.15, -0.1) is 35.0 Å². The number of hydrogen-bond donors (Lipinski definition) is 0. The monoisotopic (exact) mass is 409 g/mol. The van der Waals surface area contributed by atoms with Gasteiger partial charge in [-0.25, -0.2) is 12.2 Å². The van der Waals surface area contributed by atoms with Gasteiger partial charge in [-0.05, 0) is 5.80 Å². The molecule has 4 rings (SSSR count). The third-order valence-electron chi connectivity index (χ3n) is 3.47. The van der Waals surface area contributed by atoms with Crippen LogP contribution in [0.15, 0.2) is 72.5 Å². The van der Waals surface area contributed by atoms with Gasteiger partial charge in [0, 0.05) is 12.1 Å². The number of allylic oxidation sites excluding steroid dienone is 4. The van der Waals surface area contributed by atoms with Crippen molar-refractivity contribution in [2.75, 3.05) is 0 Å². The van der Waals surface area contributed by atoms with Crippen molar-refractivity contribution in [1.29, 1.82) is 0 Å². The van der Waals surface area contributed by atoms with Crippen LogP contribution in [0.1, 0.15) is 13.8 Å². The van der Waals surface area contributed by atoms with Gasteiger partial charge in [-0.3, -0.25) is 11.1 Å². The van der Waals surface area contributed by atoms with Crippen molar-refractivity contribution in [3.63, 3.8) is 0 Å². The summed E-state index contributed by atoms with van der Waals surface area (Å²) in [6.07, 6.45) is 11.2. The van der Waals surface area contributed by atoms with Crippen LogP contribution < -0.4 is 0 Å². The van der Waals surface area contributed by atoms with Gasteiger partial charge >= 0.3 is 35.6 Å². The molecule has 1 heterocycles. The topological polar surface area (TPSA) is 12.9 Å². The summed E-state index contributed by atoms with van der Waals surface area (Å²) in [6, 6.07) is 13.0. The number of benzene rings is 1. The standard InChI is InChI=1S/C12H9NP.C7H9.2ClH.Ti/c1-2-4-11-8-12(7-10(11)3-1)14-6-5-13-9-14;1-7(2)5-3-4-6-7;;;/h1-9H;3-5H,1-2H3;2*1H;/q2*-1;;;+2/p-2. The van der Waals surface area contributed by atoms with Crippen molar-refractivity contribution in [3.8, 4) is 5.30 Å². The van der Waals surface area contributed by atoms with Gasteiger partial charge in [0.25, 0.3) is 0 Å². The third kappa shape index (κ3) is 5.99. The van der Waals surface area contributed by atoms with Gasteiger partial charge in [0.1, 0.15) is 0 Å². The zero-order valence-corrected chi connectivity index (χ0v) is 17.5. The molecular formula is C19H18Cl2NPTi-2. The number of halogens is 2. The average Bonchev–Trinajstić information content (AvgIpc) is 3.27. The van der Waals surface area contributed by atoms with Crippen LogP contribution in [0, 0.1) is 11.5 Å². The van der Waals surface area contributed by atoms with Gasteiger partial charge in [-0.2, -0.15) is 12.1 Å². The van der Waals surface area contributed by atoms with Crippen molar-refractivity contribution >= 4 is 36.9 Å². The van der Waals surface area contributed by atoms with Crippen LogP contribution in [-0.2, 0) is 17.0 Å². The summed E-state index contributed by atoms with van der Waals surface area (Å²) < 4.78 is 0. The van der Waals surface area contributed by atoms with E-state index in [9.17, 15) is 0 Å². The predicted molar refractivity (Wildman–Crippen MR) is 104 cm³/mol. The number of nitrogens with zero attached hydrogens (tertiary/aromatic N) is 1. The Morgan fingerprint density at radius 2 is 2.00 bits per heavy atom. The molecule has 1 nitrogen and oxygen atoms in total. The predicted octanol–water partition coefficient (Wildman–Crippen LogP) is 7.25. The fraction of sp³-hybridized carbons (Fsp3) is 0.158. The fourth-order valence-electron chi connectivity index (χ4n) is 2.29. The number of fused-ring (bicyclic) bond motifs is 1. The normalized spacial score (nSPS) is 14.6. The molecule has 1 aliphatic carbocycles. The third-order valence-corrected chi connectivity index (χ3v) is 5.16. The van der Waals surface area contributed by atoms with E-state index in [2.05, 4.69) is 73.2 Å². The van der Waals surface area contributed by atoms with Gasteiger partial charge < -0.3 is 0 Å². The Labute approximate surface area is 161 Å². The molecule has 24 heavy (non-hydrogen) atoms. The van der Waals surface area contributed by atoms with E-state index < -0.39 is 17.0 Å². The number of aromatic nitrogens is 1. The first-order chi connectivity index (χ1) is 11.6. The van der Waals surface area contributed by atoms with Gasteiger partial charge in [0.2, 0.25) is 0 Å². The minimum atomic E-state index is -0.556. The second kappa shape index (κ2) is 9.71. The Kier molecular flexibility index (Phi) is 7.94. The first-order valence-corrected chi connectivity index (χ1v) is 13.2. The molecule has 3 aromatic rings. The fourth-order valence-corrected chi connectivity index (χ4v) is 3.69. The quantitative estimate of drug-likeness (QED) is 0.304. The Morgan fingerprint density at radius 3 is 2.50 bits per heavy atom. The molecule has 2 aromatic carbocycles. The maximum Gasteiger partial charge on any atom is 0.0488 e. The Hall–Kier alpha value is -0.686. The molecule has 0 aliphatic heterocycles. The summed E-state index contributed by atoms with van der Waals surface area (Å²) in [4.78, 5) is 4.13. The molecular weight excluding hydrogens is 392 g/mol. The van der Waals surface area contributed by atoms with E-state index in [1.165, 1.54) is 16.1 Å². The molecule has 0 fully saturated rings. The largest absolute Gasteiger partial charge is 0.260 e. The van der Waals surface area contributed by atoms with E-state index in [1.54, 1.807) is 0 Å². The Balaban J connectivity index is 0.000000176. The Morgan fingerprint density at radius 1 is 1.25 bits per heavy atom. The molecule has 0 saturated heterocycles. The smallest absolute Gasteiger partial charge is 0.0488 e.